The Hall–Kier alpha value is -4.23. The molecule has 1 atom stereocenters. The number of nitrogens with one attached hydrogen (secondary N) is 2. The van der Waals surface area contributed by atoms with Gasteiger partial charge in [0, 0.05) is 12.1 Å². The van der Waals surface area contributed by atoms with E-state index in [2.05, 4.69) is 30.3 Å². The Balaban J connectivity index is 1.46. The topological polar surface area (TPSA) is 185 Å². The summed E-state index contributed by atoms with van der Waals surface area (Å²) in [5.41, 5.74) is 2.07. The van der Waals surface area contributed by atoms with Crippen LogP contribution in [0.5, 0.6) is 11.5 Å². The number of pyridine rings is 1. The van der Waals surface area contributed by atoms with Crippen molar-refractivity contribution < 1.29 is 39.1 Å². The van der Waals surface area contributed by atoms with Crippen LogP contribution < -0.4 is 15.4 Å². The largest absolute Gasteiger partial charge is 0.508 e. The van der Waals surface area contributed by atoms with E-state index in [1.165, 1.54) is 13.2 Å². The lowest BCUT2D eigenvalue weighted by Gasteiger charge is -2.10. The number of ether oxygens (including phenoxy) is 3. The highest BCUT2D eigenvalue weighted by molar-refractivity contribution is 5.89. The summed E-state index contributed by atoms with van der Waals surface area (Å²) in [6, 6.07) is 7.63. The minimum absolute atomic E-state index is 0.00985. The Kier molecular flexibility index (Phi) is 9.54. The van der Waals surface area contributed by atoms with Crippen LogP contribution >= 0.6 is 0 Å². The van der Waals surface area contributed by atoms with E-state index in [1.54, 1.807) is 30.5 Å². The fraction of sp³-hybridized carbons (Fsp3) is 0.348. The summed E-state index contributed by atoms with van der Waals surface area (Å²) in [5, 5.41) is 32.8. The number of phenols is 1. The first kappa shape index (κ1) is 26.4. The number of amides is 2. The molecule has 1 aromatic carbocycles. The molecule has 1 unspecified atom stereocenters. The molecule has 3 rings (SSSR count). The first-order chi connectivity index (χ1) is 17.4. The van der Waals surface area contributed by atoms with Crippen molar-refractivity contribution in [1.29, 1.82) is 0 Å². The second-order valence-electron chi connectivity index (χ2n) is 7.51. The second-order valence-corrected chi connectivity index (χ2v) is 7.51. The minimum atomic E-state index is -1.14. The lowest BCUT2D eigenvalue weighted by atomic mass is 10.1. The predicted octanol–water partition coefficient (Wildman–Crippen LogP) is 1.81. The zero-order valence-electron chi connectivity index (χ0n) is 19.5. The quantitative estimate of drug-likeness (QED) is 0.191. The highest BCUT2D eigenvalue weighted by Gasteiger charge is 2.11. The molecular formula is C23H27N5O8. The number of hydrogen-bond acceptors (Lipinski definition) is 11. The molecule has 13 heteroatoms. The number of urea groups is 1. The number of nitrogens with zero attached hydrogens (tertiary/aromatic N) is 3. The SMILES string of the molecule is COc1cc(-c2cnc3ccc(NC(=O)NCCCCOC(=O)OCC(O)CO)nc3n2)ccc1O. The molecule has 0 fully saturated rings. The molecule has 2 aromatic heterocycles. The Morgan fingerprint density at radius 2 is 1.94 bits per heavy atom. The number of aromatic hydroxyl groups is 1. The molecule has 0 aliphatic rings. The lowest BCUT2D eigenvalue weighted by Crippen LogP contribution is -2.30. The standard InChI is InChI=1S/C23H27N5O8/c1-34-19-10-14(4-6-18(19)31)17-11-25-16-5-7-20(27-21(16)26-17)28-22(32)24-8-2-3-9-35-23(33)36-13-15(30)12-29/h4-7,10-11,15,29-31H,2-3,8-9,12-13H2,1H3,(H2,24,26,27,28,32). The monoisotopic (exact) mass is 501 g/mol. The molecule has 0 radical (unpaired) electrons. The van der Waals surface area contributed by atoms with Crippen molar-refractivity contribution in [2.24, 2.45) is 0 Å². The second kappa shape index (κ2) is 13.0. The molecule has 5 N–H and O–H groups in total. The van der Waals surface area contributed by atoms with Crippen molar-refractivity contribution in [1.82, 2.24) is 20.3 Å². The van der Waals surface area contributed by atoms with Crippen LogP contribution in [0, 0.1) is 0 Å². The number of aliphatic hydroxyl groups excluding tert-OH is 2. The van der Waals surface area contributed by atoms with Crippen LogP contribution in [0.3, 0.4) is 0 Å². The van der Waals surface area contributed by atoms with E-state index in [-0.39, 0.29) is 24.8 Å². The molecule has 2 heterocycles. The lowest BCUT2D eigenvalue weighted by molar-refractivity contribution is 0.000434. The van der Waals surface area contributed by atoms with Gasteiger partial charge in [0.25, 0.3) is 0 Å². The third-order valence-corrected chi connectivity index (χ3v) is 4.80. The minimum Gasteiger partial charge on any atom is -0.504 e. The normalized spacial score (nSPS) is 11.5. The van der Waals surface area contributed by atoms with E-state index in [9.17, 15) is 14.7 Å². The van der Waals surface area contributed by atoms with Crippen LogP contribution in [0.4, 0.5) is 15.4 Å². The van der Waals surface area contributed by atoms with Gasteiger partial charge in [-0.2, -0.15) is 0 Å². The van der Waals surface area contributed by atoms with Crippen LogP contribution in [0.15, 0.2) is 36.5 Å². The number of benzene rings is 1. The molecule has 0 spiro atoms. The molecule has 0 aliphatic carbocycles. The summed E-state index contributed by atoms with van der Waals surface area (Å²) in [6.07, 6.45) is 0.515. The van der Waals surface area contributed by atoms with Crippen molar-refractivity contribution in [2.75, 3.05) is 38.8 Å². The molecule has 2 amide bonds. The number of rotatable bonds is 11. The maximum Gasteiger partial charge on any atom is 0.508 e. The Morgan fingerprint density at radius 1 is 1.11 bits per heavy atom. The summed E-state index contributed by atoms with van der Waals surface area (Å²) in [4.78, 5) is 36.7. The van der Waals surface area contributed by atoms with Crippen LogP contribution in [-0.2, 0) is 9.47 Å². The highest BCUT2D eigenvalue weighted by atomic mass is 16.7. The average molecular weight is 501 g/mol. The van der Waals surface area contributed by atoms with Gasteiger partial charge in [0.1, 0.15) is 24.0 Å². The molecule has 0 aliphatic heterocycles. The maximum atomic E-state index is 12.2. The van der Waals surface area contributed by atoms with Crippen molar-refractivity contribution in [3.63, 3.8) is 0 Å². The van der Waals surface area contributed by atoms with Gasteiger partial charge in [-0.3, -0.25) is 10.3 Å². The van der Waals surface area contributed by atoms with E-state index < -0.39 is 24.9 Å². The van der Waals surface area contributed by atoms with Crippen LogP contribution in [0.2, 0.25) is 0 Å². The maximum absolute atomic E-state index is 12.2. The van der Waals surface area contributed by atoms with Gasteiger partial charge in [-0.1, -0.05) is 0 Å². The summed E-state index contributed by atoms with van der Waals surface area (Å²) in [7, 11) is 1.45. The summed E-state index contributed by atoms with van der Waals surface area (Å²) < 4.78 is 14.5. The van der Waals surface area contributed by atoms with Gasteiger partial charge in [0.05, 0.1) is 32.2 Å². The van der Waals surface area contributed by atoms with Gasteiger partial charge in [0.2, 0.25) is 0 Å². The first-order valence-electron chi connectivity index (χ1n) is 11.0. The Labute approximate surface area is 206 Å². The number of unbranched alkanes of at least 4 members (excludes halogenated alkanes) is 1. The first-order valence-corrected chi connectivity index (χ1v) is 11.0. The number of aromatic nitrogens is 3. The Morgan fingerprint density at radius 3 is 2.72 bits per heavy atom. The Bertz CT molecular complexity index is 1190. The fourth-order valence-corrected chi connectivity index (χ4v) is 2.95. The third kappa shape index (κ3) is 7.65. The highest BCUT2D eigenvalue weighted by Crippen LogP contribution is 2.30. The number of carbonyl (C=O) groups excluding carboxylic acids is 2. The number of hydrogen-bond donors (Lipinski definition) is 5. The number of carbonyl (C=O) groups is 2. The van der Waals surface area contributed by atoms with Crippen LogP contribution in [-0.4, -0.2) is 82.0 Å². The summed E-state index contributed by atoms with van der Waals surface area (Å²) in [6.45, 7) is -0.455. The summed E-state index contributed by atoms with van der Waals surface area (Å²) >= 11 is 0. The molecule has 3 aromatic rings. The number of fused-ring (bicyclic) bond motifs is 1. The van der Waals surface area contributed by atoms with Crippen LogP contribution in [0.1, 0.15) is 12.8 Å². The van der Waals surface area contributed by atoms with Gasteiger partial charge >= 0.3 is 12.2 Å². The van der Waals surface area contributed by atoms with Gasteiger partial charge in [0.15, 0.2) is 17.1 Å². The molecular weight excluding hydrogens is 474 g/mol. The molecule has 0 saturated heterocycles. The number of anilines is 1. The van der Waals surface area contributed by atoms with Crippen molar-refractivity contribution in [2.45, 2.75) is 18.9 Å². The zero-order valence-corrected chi connectivity index (χ0v) is 19.5. The van der Waals surface area contributed by atoms with Gasteiger partial charge < -0.3 is 34.8 Å². The summed E-state index contributed by atoms with van der Waals surface area (Å²) in [5.74, 6) is 0.598. The molecule has 0 saturated carbocycles. The zero-order chi connectivity index (χ0) is 25.9. The van der Waals surface area contributed by atoms with E-state index in [0.29, 0.717) is 47.6 Å². The molecule has 13 nitrogen and oxygen atoms in total. The fourth-order valence-electron chi connectivity index (χ4n) is 2.95. The number of methoxy groups -OCH3 is 1. The van der Waals surface area contributed by atoms with Crippen molar-refractivity contribution >= 4 is 29.2 Å². The van der Waals surface area contributed by atoms with Gasteiger partial charge in [-0.15, -0.1) is 0 Å². The van der Waals surface area contributed by atoms with E-state index in [0.717, 1.165) is 0 Å². The molecule has 36 heavy (non-hydrogen) atoms. The van der Waals surface area contributed by atoms with Crippen LogP contribution in [0.25, 0.3) is 22.4 Å². The smallest absolute Gasteiger partial charge is 0.504 e. The molecule has 0 bridgehead atoms. The van der Waals surface area contributed by atoms with Gasteiger partial charge in [-0.25, -0.2) is 19.6 Å². The van der Waals surface area contributed by atoms with E-state index in [1.807, 2.05) is 0 Å². The molecule has 192 valence electrons. The van der Waals surface area contributed by atoms with E-state index in [4.69, 9.17) is 19.7 Å². The van der Waals surface area contributed by atoms with E-state index >= 15 is 0 Å². The van der Waals surface area contributed by atoms with Gasteiger partial charge in [-0.05, 0) is 43.2 Å². The van der Waals surface area contributed by atoms with Crippen molar-refractivity contribution in [3.05, 3.63) is 36.5 Å². The van der Waals surface area contributed by atoms with Crippen molar-refractivity contribution in [3.8, 4) is 22.8 Å². The predicted molar refractivity (Wildman–Crippen MR) is 128 cm³/mol. The number of phenolic OH excluding ortho intramolecular Hbond substituents is 1. The average Bonchev–Trinajstić information content (AvgIpc) is 2.89. The third-order valence-electron chi connectivity index (χ3n) is 4.80. The number of aliphatic hydroxyl groups is 2.